The van der Waals surface area contributed by atoms with Crippen LogP contribution in [0.4, 0.5) is 0 Å². The van der Waals surface area contributed by atoms with Crippen LogP contribution in [0.15, 0.2) is 0 Å². The van der Waals surface area contributed by atoms with E-state index in [0.717, 1.165) is 25.9 Å². The molecule has 2 rings (SSSR count). The van der Waals surface area contributed by atoms with Crippen molar-refractivity contribution in [3.63, 3.8) is 0 Å². The van der Waals surface area contributed by atoms with Gasteiger partial charge in [0.2, 0.25) is 0 Å². The largest absolute Gasteiger partial charge is 0.316 e. The lowest BCUT2D eigenvalue weighted by molar-refractivity contribution is -0.125. The highest BCUT2D eigenvalue weighted by atomic mass is 16.1. The van der Waals surface area contributed by atoms with E-state index < -0.39 is 0 Å². The summed E-state index contributed by atoms with van der Waals surface area (Å²) < 4.78 is 0. The number of rotatable bonds is 3. The molecule has 0 radical (unpaired) electrons. The Morgan fingerprint density at radius 1 is 1.45 bits per heavy atom. The summed E-state index contributed by atoms with van der Waals surface area (Å²) >= 11 is 0. The van der Waals surface area contributed by atoms with E-state index >= 15 is 0 Å². The van der Waals surface area contributed by atoms with E-state index in [-0.39, 0.29) is 0 Å². The molecule has 1 heterocycles. The van der Waals surface area contributed by atoms with Gasteiger partial charge in [-0.15, -0.1) is 0 Å². The minimum absolute atomic E-state index is 0.323. The lowest BCUT2D eigenvalue weighted by atomic mass is 9.84. The van der Waals surface area contributed by atoms with Gasteiger partial charge in [-0.05, 0) is 31.8 Å². The second kappa shape index (κ2) is 2.59. The fourth-order valence-corrected chi connectivity index (χ4v) is 1.64. The van der Waals surface area contributed by atoms with Crippen molar-refractivity contribution in [2.24, 2.45) is 17.8 Å². The topological polar surface area (TPSA) is 29.1 Å². The maximum Gasteiger partial charge on any atom is 0.139 e. The van der Waals surface area contributed by atoms with Crippen molar-refractivity contribution in [3.05, 3.63) is 0 Å². The van der Waals surface area contributed by atoms with Crippen LogP contribution in [-0.4, -0.2) is 18.9 Å². The zero-order valence-electron chi connectivity index (χ0n) is 6.97. The van der Waals surface area contributed by atoms with Gasteiger partial charge >= 0.3 is 0 Å². The minimum Gasteiger partial charge on any atom is -0.316 e. The summed E-state index contributed by atoms with van der Waals surface area (Å²) in [4.78, 5) is 11.5. The first-order valence-electron chi connectivity index (χ1n) is 4.53. The van der Waals surface area contributed by atoms with Crippen molar-refractivity contribution in [2.75, 3.05) is 13.1 Å². The average molecular weight is 153 g/mol. The van der Waals surface area contributed by atoms with Crippen LogP contribution >= 0.6 is 0 Å². The Morgan fingerprint density at radius 3 is 2.45 bits per heavy atom. The van der Waals surface area contributed by atoms with Gasteiger partial charge in [0.25, 0.3) is 0 Å². The SMILES string of the molecule is CC(C(=O)C1CC1)C1CNC1. The lowest BCUT2D eigenvalue weighted by Gasteiger charge is -2.31. The maximum absolute atomic E-state index is 11.5. The molecule has 11 heavy (non-hydrogen) atoms. The van der Waals surface area contributed by atoms with Crippen LogP contribution in [0.3, 0.4) is 0 Å². The zero-order chi connectivity index (χ0) is 7.84. The number of hydrogen-bond acceptors (Lipinski definition) is 2. The monoisotopic (exact) mass is 153 g/mol. The van der Waals surface area contributed by atoms with Crippen LogP contribution in [0.2, 0.25) is 0 Å². The van der Waals surface area contributed by atoms with E-state index in [4.69, 9.17) is 0 Å². The van der Waals surface area contributed by atoms with E-state index in [1.807, 2.05) is 0 Å². The molecule has 62 valence electrons. The molecule has 0 aromatic rings. The quantitative estimate of drug-likeness (QED) is 0.650. The fourth-order valence-electron chi connectivity index (χ4n) is 1.64. The van der Waals surface area contributed by atoms with Crippen LogP contribution < -0.4 is 5.32 Å². The number of ketones is 1. The molecule has 1 saturated carbocycles. The van der Waals surface area contributed by atoms with Crippen molar-refractivity contribution in [3.8, 4) is 0 Å². The Morgan fingerprint density at radius 2 is 2.09 bits per heavy atom. The number of carbonyl (C=O) groups is 1. The molecule has 2 nitrogen and oxygen atoms in total. The Balaban J connectivity index is 1.86. The molecule has 1 aliphatic carbocycles. The molecule has 0 amide bonds. The van der Waals surface area contributed by atoms with Crippen LogP contribution in [0.25, 0.3) is 0 Å². The number of nitrogens with one attached hydrogen (secondary N) is 1. The molecule has 0 aromatic heterocycles. The number of carbonyl (C=O) groups excluding carboxylic acids is 1. The molecule has 0 bridgehead atoms. The van der Waals surface area contributed by atoms with Gasteiger partial charge in [0.1, 0.15) is 5.78 Å². The van der Waals surface area contributed by atoms with Crippen molar-refractivity contribution in [1.82, 2.24) is 5.32 Å². The van der Waals surface area contributed by atoms with Crippen molar-refractivity contribution < 1.29 is 4.79 Å². The molecule has 1 N–H and O–H groups in total. The van der Waals surface area contributed by atoms with Gasteiger partial charge in [0.05, 0.1) is 0 Å². The Bertz CT molecular complexity index is 170. The van der Waals surface area contributed by atoms with E-state index in [1.54, 1.807) is 0 Å². The lowest BCUT2D eigenvalue weighted by Crippen LogP contribution is -2.47. The van der Waals surface area contributed by atoms with Crippen LogP contribution in [0.5, 0.6) is 0 Å². The molecule has 0 aromatic carbocycles. The van der Waals surface area contributed by atoms with E-state index in [0.29, 0.717) is 23.5 Å². The van der Waals surface area contributed by atoms with Gasteiger partial charge < -0.3 is 5.32 Å². The van der Waals surface area contributed by atoms with Crippen molar-refractivity contribution >= 4 is 5.78 Å². The highest BCUT2D eigenvalue weighted by molar-refractivity contribution is 5.85. The van der Waals surface area contributed by atoms with E-state index in [2.05, 4.69) is 12.2 Å². The summed E-state index contributed by atoms with van der Waals surface area (Å²) in [5.74, 6) is 1.94. The predicted molar refractivity (Wildman–Crippen MR) is 43.3 cm³/mol. The zero-order valence-corrected chi connectivity index (χ0v) is 6.97. The average Bonchev–Trinajstić information content (AvgIpc) is 2.62. The van der Waals surface area contributed by atoms with Gasteiger partial charge in [0.15, 0.2) is 0 Å². The molecule has 1 saturated heterocycles. The molecule has 2 fully saturated rings. The number of Topliss-reactive ketones (excluding diaryl/α,β-unsaturated/α-hetero) is 1. The van der Waals surface area contributed by atoms with Gasteiger partial charge in [-0.1, -0.05) is 6.92 Å². The first-order chi connectivity index (χ1) is 5.29. The summed E-state index contributed by atoms with van der Waals surface area (Å²) in [6.07, 6.45) is 2.31. The van der Waals surface area contributed by atoms with Gasteiger partial charge in [-0.3, -0.25) is 4.79 Å². The maximum atomic E-state index is 11.5. The summed E-state index contributed by atoms with van der Waals surface area (Å²) in [5, 5.41) is 3.20. The summed E-state index contributed by atoms with van der Waals surface area (Å²) in [5.41, 5.74) is 0. The van der Waals surface area contributed by atoms with E-state index in [1.165, 1.54) is 0 Å². The first kappa shape index (κ1) is 7.29. The first-order valence-corrected chi connectivity index (χ1v) is 4.53. The molecule has 0 spiro atoms. The normalized spacial score (nSPS) is 27.7. The van der Waals surface area contributed by atoms with Crippen LogP contribution in [0, 0.1) is 17.8 Å². The van der Waals surface area contributed by atoms with Gasteiger partial charge in [-0.25, -0.2) is 0 Å². The third kappa shape index (κ3) is 1.32. The Labute approximate surface area is 67.4 Å². The van der Waals surface area contributed by atoms with Gasteiger partial charge in [0, 0.05) is 11.8 Å². The fraction of sp³-hybridized carbons (Fsp3) is 0.889. The highest BCUT2D eigenvalue weighted by Gasteiger charge is 2.37. The summed E-state index contributed by atoms with van der Waals surface area (Å²) in [6, 6.07) is 0. The molecule has 2 heteroatoms. The second-order valence-electron chi connectivity index (χ2n) is 3.88. The van der Waals surface area contributed by atoms with Crippen molar-refractivity contribution in [1.29, 1.82) is 0 Å². The molecule has 1 atom stereocenters. The molecule has 1 aliphatic heterocycles. The second-order valence-corrected chi connectivity index (χ2v) is 3.88. The molecule has 1 unspecified atom stereocenters. The van der Waals surface area contributed by atoms with Crippen molar-refractivity contribution in [2.45, 2.75) is 19.8 Å². The molecule has 2 aliphatic rings. The Hall–Kier alpha value is -0.370. The smallest absolute Gasteiger partial charge is 0.139 e. The molecular weight excluding hydrogens is 138 g/mol. The van der Waals surface area contributed by atoms with Crippen LogP contribution in [-0.2, 0) is 4.79 Å². The summed E-state index contributed by atoms with van der Waals surface area (Å²) in [6.45, 7) is 4.20. The highest BCUT2D eigenvalue weighted by Crippen LogP contribution is 2.34. The Kier molecular flexibility index (Phi) is 1.72. The van der Waals surface area contributed by atoms with Crippen LogP contribution in [0.1, 0.15) is 19.8 Å². The third-order valence-corrected chi connectivity index (χ3v) is 2.95. The summed E-state index contributed by atoms with van der Waals surface area (Å²) in [7, 11) is 0. The molecular formula is C9H15NO. The third-order valence-electron chi connectivity index (χ3n) is 2.95. The van der Waals surface area contributed by atoms with E-state index in [9.17, 15) is 4.79 Å². The minimum atomic E-state index is 0.323. The number of hydrogen-bond donors (Lipinski definition) is 1. The van der Waals surface area contributed by atoms with Gasteiger partial charge in [-0.2, -0.15) is 0 Å². The standard InChI is InChI=1S/C9H15NO/c1-6(8-4-10-5-8)9(11)7-2-3-7/h6-8,10H,2-5H2,1H3. The predicted octanol–water partition coefficient (Wildman–Crippen LogP) is 0.821.